The Morgan fingerprint density at radius 3 is 2.42 bits per heavy atom. The minimum absolute atomic E-state index is 0.00733. The maximum absolute atomic E-state index is 12.5. The van der Waals surface area contributed by atoms with Gasteiger partial charge in [0.05, 0.1) is 10.6 Å². The van der Waals surface area contributed by atoms with Crippen LogP contribution in [-0.2, 0) is 21.9 Å². The van der Waals surface area contributed by atoms with E-state index in [4.69, 9.17) is 0 Å². The van der Waals surface area contributed by atoms with E-state index in [1.807, 2.05) is 17.5 Å². The van der Waals surface area contributed by atoms with Gasteiger partial charge in [-0.2, -0.15) is 0 Å². The van der Waals surface area contributed by atoms with Gasteiger partial charge in [0.15, 0.2) is 5.13 Å². The van der Waals surface area contributed by atoms with Gasteiger partial charge in [0.25, 0.3) is 0 Å². The third-order valence-corrected chi connectivity index (χ3v) is 7.05. The van der Waals surface area contributed by atoms with Crippen LogP contribution >= 0.6 is 11.3 Å². The lowest BCUT2D eigenvalue weighted by atomic mass is 9.87. The number of nitrogens with one attached hydrogen (secondary N) is 1. The summed E-state index contributed by atoms with van der Waals surface area (Å²) >= 11 is 1.64. The fraction of sp³-hybridized carbons (Fsp3) is 0.526. The molecule has 5 nitrogen and oxygen atoms in total. The first-order valence-corrected chi connectivity index (χ1v) is 11.4. The third-order valence-electron chi connectivity index (χ3n) is 4.62. The molecule has 2 aromatic rings. The van der Waals surface area contributed by atoms with Crippen molar-refractivity contribution in [1.29, 1.82) is 0 Å². The van der Waals surface area contributed by atoms with Gasteiger partial charge in [0.2, 0.25) is 10.0 Å². The standard InChI is InChI=1S/C19H27N3O2S2/c1-19(2,3)15-6-8-17(9-7-15)26(23,24)20-11-10-16-14-25-18(21-16)22-12-4-5-13-22/h6-9,14,20H,4-5,10-13H2,1-3H3. The van der Waals surface area contributed by atoms with Gasteiger partial charge in [-0.05, 0) is 36.0 Å². The van der Waals surface area contributed by atoms with E-state index >= 15 is 0 Å². The smallest absolute Gasteiger partial charge is 0.240 e. The summed E-state index contributed by atoms with van der Waals surface area (Å²) in [6.07, 6.45) is 3.05. The predicted octanol–water partition coefficient (Wildman–Crippen LogP) is 3.56. The van der Waals surface area contributed by atoms with E-state index < -0.39 is 10.0 Å². The van der Waals surface area contributed by atoms with Crippen LogP contribution in [0.1, 0.15) is 44.9 Å². The summed E-state index contributed by atoms with van der Waals surface area (Å²) in [5, 5.41) is 3.08. The molecule has 1 aromatic heterocycles. The highest BCUT2D eigenvalue weighted by atomic mass is 32.2. The number of thiazole rings is 1. The highest BCUT2D eigenvalue weighted by Crippen LogP contribution is 2.25. The third kappa shape index (κ3) is 4.64. The average Bonchev–Trinajstić information content (AvgIpc) is 3.25. The van der Waals surface area contributed by atoms with Crippen molar-refractivity contribution < 1.29 is 8.42 Å². The molecule has 0 unspecified atom stereocenters. The van der Waals surface area contributed by atoms with E-state index in [0.717, 1.165) is 29.5 Å². The van der Waals surface area contributed by atoms with Crippen molar-refractivity contribution >= 4 is 26.5 Å². The second-order valence-corrected chi connectivity index (χ2v) is 10.3. The number of sulfonamides is 1. The number of nitrogens with zero attached hydrogens (tertiary/aromatic N) is 2. The Bertz CT molecular complexity index is 830. The average molecular weight is 394 g/mol. The fourth-order valence-corrected chi connectivity index (χ4v) is 4.94. The molecule has 7 heteroatoms. The molecule has 0 aliphatic carbocycles. The molecule has 1 saturated heterocycles. The zero-order chi connectivity index (χ0) is 18.8. The Kier molecular flexibility index (Phi) is 5.69. The van der Waals surface area contributed by atoms with Gasteiger partial charge in [0.1, 0.15) is 0 Å². The first-order valence-electron chi connectivity index (χ1n) is 9.05. The van der Waals surface area contributed by atoms with Crippen LogP contribution in [0.5, 0.6) is 0 Å². The van der Waals surface area contributed by atoms with Gasteiger partial charge < -0.3 is 4.90 Å². The number of benzene rings is 1. The first-order chi connectivity index (χ1) is 12.3. The summed E-state index contributed by atoms with van der Waals surface area (Å²) in [6.45, 7) is 8.83. The summed E-state index contributed by atoms with van der Waals surface area (Å²) in [7, 11) is -3.49. The predicted molar refractivity (Wildman–Crippen MR) is 108 cm³/mol. The topological polar surface area (TPSA) is 62.3 Å². The molecule has 3 rings (SSSR count). The van der Waals surface area contributed by atoms with Crippen molar-refractivity contribution in [2.45, 2.75) is 50.3 Å². The molecule has 142 valence electrons. The summed E-state index contributed by atoms with van der Waals surface area (Å²) in [5.41, 5.74) is 2.07. The second kappa shape index (κ2) is 7.66. The normalized spacial score (nSPS) is 15.6. The molecular weight excluding hydrogens is 366 g/mol. The molecule has 1 N–H and O–H groups in total. The minimum Gasteiger partial charge on any atom is -0.348 e. The van der Waals surface area contributed by atoms with Gasteiger partial charge >= 0.3 is 0 Å². The molecular formula is C19H27N3O2S2. The van der Waals surface area contributed by atoms with Crippen LogP contribution in [0.2, 0.25) is 0 Å². The summed E-state index contributed by atoms with van der Waals surface area (Å²) in [5.74, 6) is 0. The second-order valence-electron chi connectivity index (χ2n) is 7.74. The Balaban J connectivity index is 1.56. The number of anilines is 1. The van der Waals surface area contributed by atoms with E-state index in [0.29, 0.717) is 17.9 Å². The van der Waals surface area contributed by atoms with Crippen LogP contribution in [-0.4, -0.2) is 33.0 Å². The van der Waals surface area contributed by atoms with E-state index in [2.05, 4.69) is 35.4 Å². The highest BCUT2D eigenvalue weighted by molar-refractivity contribution is 7.89. The first kappa shape index (κ1) is 19.3. The molecule has 0 amide bonds. The fourth-order valence-electron chi connectivity index (χ4n) is 3.00. The largest absolute Gasteiger partial charge is 0.348 e. The molecule has 0 bridgehead atoms. The SMILES string of the molecule is CC(C)(C)c1ccc(S(=O)(=O)NCCc2csc(N3CCCC3)n2)cc1. The maximum Gasteiger partial charge on any atom is 0.240 e. The zero-order valence-electron chi connectivity index (χ0n) is 15.7. The lowest BCUT2D eigenvalue weighted by molar-refractivity contribution is 0.578. The van der Waals surface area contributed by atoms with Crippen LogP contribution < -0.4 is 9.62 Å². The zero-order valence-corrected chi connectivity index (χ0v) is 17.3. The number of aromatic nitrogens is 1. The molecule has 1 fully saturated rings. The van der Waals surface area contributed by atoms with Crippen LogP contribution in [0.15, 0.2) is 34.5 Å². The van der Waals surface area contributed by atoms with E-state index in [-0.39, 0.29) is 5.41 Å². The van der Waals surface area contributed by atoms with Gasteiger partial charge in [-0.1, -0.05) is 32.9 Å². The Morgan fingerprint density at radius 2 is 1.81 bits per heavy atom. The van der Waals surface area contributed by atoms with Crippen molar-refractivity contribution in [2.24, 2.45) is 0 Å². The summed E-state index contributed by atoms with van der Waals surface area (Å²) in [4.78, 5) is 7.24. The molecule has 0 saturated carbocycles. The monoisotopic (exact) mass is 393 g/mol. The lowest BCUT2D eigenvalue weighted by Crippen LogP contribution is -2.26. The number of rotatable bonds is 6. The summed E-state index contributed by atoms with van der Waals surface area (Å²) in [6, 6.07) is 7.13. The molecule has 26 heavy (non-hydrogen) atoms. The van der Waals surface area contributed by atoms with Crippen molar-refractivity contribution in [1.82, 2.24) is 9.71 Å². The molecule has 0 radical (unpaired) electrons. The van der Waals surface area contributed by atoms with Gasteiger partial charge in [-0.25, -0.2) is 18.1 Å². The van der Waals surface area contributed by atoms with Crippen molar-refractivity contribution in [3.63, 3.8) is 0 Å². The van der Waals surface area contributed by atoms with Crippen LogP contribution in [0.25, 0.3) is 0 Å². The minimum atomic E-state index is -3.49. The molecule has 2 heterocycles. The maximum atomic E-state index is 12.5. The molecule has 1 aliphatic heterocycles. The molecule has 0 spiro atoms. The molecule has 1 aromatic carbocycles. The number of hydrogen-bond donors (Lipinski definition) is 1. The van der Waals surface area contributed by atoms with Crippen molar-refractivity contribution in [3.05, 3.63) is 40.9 Å². The van der Waals surface area contributed by atoms with Crippen molar-refractivity contribution in [2.75, 3.05) is 24.5 Å². The van der Waals surface area contributed by atoms with Gasteiger partial charge in [-0.15, -0.1) is 11.3 Å². The van der Waals surface area contributed by atoms with Gasteiger partial charge in [-0.3, -0.25) is 0 Å². The number of hydrogen-bond acceptors (Lipinski definition) is 5. The van der Waals surface area contributed by atoms with Crippen molar-refractivity contribution in [3.8, 4) is 0 Å². The molecule has 1 aliphatic rings. The quantitative estimate of drug-likeness (QED) is 0.815. The highest BCUT2D eigenvalue weighted by Gasteiger charge is 2.18. The van der Waals surface area contributed by atoms with Gasteiger partial charge in [0, 0.05) is 31.4 Å². The summed E-state index contributed by atoms with van der Waals surface area (Å²) < 4.78 is 27.6. The molecule has 0 atom stereocenters. The van der Waals surface area contributed by atoms with E-state index in [9.17, 15) is 8.42 Å². The van der Waals surface area contributed by atoms with Crippen LogP contribution in [0.3, 0.4) is 0 Å². The van der Waals surface area contributed by atoms with E-state index in [1.165, 1.54) is 12.8 Å². The lowest BCUT2D eigenvalue weighted by Gasteiger charge is -2.19. The van der Waals surface area contributed by atoms with Crippen LogP contribution in [0.4, 0.5) is 5.13 Å². The Labute approximate surface area is 160 Å². The van der Waals surface area contributed by atoms with Crippen LogP contribution in [0, 0.1) is 0 Å². The Morgan fingerprint density at radius 1 is 1.15 bits per heavy atom. The Hall–Kier alpha value is -1.44. The van der Waals surface area contributed by atoms with E-state index in [1.54, 1.807) is 23.5 Å².